The van der Waals surface area contributed by atoms with Crippen molar-refractivity contribution in [2.24, 2.45) is 0 Å². The van der Waals surface area contributed by atoms with Crippen LogP contribution in [0.25, 0.3) is 0 Å². The molecule has 0 fully saturated rings. The van der Waals surface area contributed by atoms with Gasteiger partial charge in [-0.25, -0.2) is 0 Å². The largest absolute Gasteiger partial charge is 0.506 e. The zero-order valence-electron chi connectivity index (χ0n) is 11.9. The fourth-order valence-electron chi connectivity index (χ4n) is 2.66. The van der Waals surface area contributed by atoms with Crippen molar-refractivity contribution < 1.29 is 15.0 Å². The van der Waals surface area contributed by atoms with Gasteiger partial charge in [0, 0.05) is 12.5 Å². The normalized spacial score (nSPS) is 17.2. The van der Waals surface area contributed by atoms with Crippen LogP contribution in [0.4, 0.5) is 5.69 Å². The number of amides is 1. The van der Waals surface area contributed by atoms with E-state index in [1.54, 1.807) is 13.0 Å². The van der Waals surface area contributed by atoms with Gasteiger partial charge in [0.15, 0.2) is 0 Å². The number of hydrogen-bond donors (Lipinski definition) is 4. The number of benzene rings is 1. The molecule has 0 aliphatic carbocycles. The van der Waals surface area contributed by atoms with Gasteiger partial charge in [-0.2, -0.15) is 0 Å². The van der Waals surface area contributed by atoms with Crippen LogP contribution in [0.3, 0.4) is 0 Å². The molecule has 2 rings (SSSR count). The maximum atomic E-state index is 11.4. The lowest BCUT2D eigenvalue weighted by Crippen LogP contribution is -2.37. The Morgan fingerprint density at radius 1 is 1.40 bits per heavy atom. The number of carbonyl (C=O) groups is 1. The summed E-state index contributed by atoms with van der Waals surface area (Å²) in [5.41, 5.74) is 2.67. The number of phenols is 1. The first-order chi connectivity index (χ1) is 9.51. The molecule has 1 aromatic carbocycles. The minimum absolute atomic E-state index is 0.0564. The number of fused-ring (bicyclic) bond motifs is 1. The second-order valence-electron chi connectivity index (χ2n) is 5.30. The van der Waals surface area contributed by atoms with Gasteiger partial charge in [-0.1, -0.05) is 13.0 Å². The molecule has 2 atom stereocenters. The van der Waals surface area contributed by atoms with Gasteiger partial charge in [-0.15, -0.1) is 0 Å². The molecule has 0 saturated carbocycles. The SMILES string of the molecule is CCC(Cc1ccc(O)c2c1CCC(=O)N2)NC(C)O. The number of rotatable bonds is 5. The Bertz CT molecular complexity index is 500. The van der Waals surface area contributed by atoms with Crippen molar-refractivity contribution in [3.63, 3.8) is 0 Å². The van der Waals surface area contributed by atoms with Crippen molar-refractivity contribution in [3.05, 3.63) is 23.3 Å². The number of carbonyl (C=O) groups excluding carboxylic acids is 1. The molecule has 0 saturated heterocycles. The first kappa shape index (κ1) is 14.8. The molecule has 2 unspecified atom stereocenters. The minimum Gasteiger partial charge on any atom is -0.506 e. The summed E-state index contributed by atoms with van der Waals surface area (Å²) < 4.78 is 0. The smallest absolute Gasteiger partial charge is 0.224 e. The van der Waals surface area contributed by atoms with Crippen molar-refractivity contribution >= 4 is 11.6 Å². The van der Waals surface area contributed by atoms with E-state index in [2.05, 4.69) is 17.6 Å². The highest BCUT2D eigenvalue weighted by Crippen LogP contribution is 2.34. The molecule has 20 heavy (non-hydrogen) atoms. The van der Waals surface area contributed by atoms with E-state index in [1.807, 2.05) is 6.07 Å². The average molecular weight is 278 g/mol. The second-order valence-corrected chi connectivity index (χ2v) is 5.30. The Kier molecular flexibility index (Phi) is 4.62. The molecular weight excluding hydrogens is 256 g/mol. The molecule has 5 nitrogen and oxygen atoms in total. The van der Waals surface area contributed by atoms with Crippen LogP contribution in [0.15, 0.2) is 12.1 Å². The number of nitrogens with one attached hydrogen (secondary N) is 2. The maximum absolute atomic E-state index is 11.4. The van der Waals surface area contributed by atoms with Gasteiger partial charge < -0.3 is 15.5 Å². The highest BCUT2D eigenvalue weighted by Gasteiger charge is 2.22. The highest BCUT2D eigenvalue weighted by atomic mass is 16.3. The summed E-state index contributed by atoms with van der Waals surface area (Å²) in [7, 11) is 0. The second kappa shape index (κ2) is 6.24. The van der Waals surface area contributed by atoms with Crippen LogP contribution in [0.1, 0.15) is 37.8 Å². The van der Waals surface area contributed by atoms with E-state index < -0.39 is 6.23 Å². The fourth-order valence-corrected chi connectivity index (χ4v) is 2.66. The van der Waals surface area contributed by atoms with Crippen molar-refractivity contribution in [1.29, 1.82) is 0 Å². The number of anilines is 1. The first-order valence-corrected chi connectivity index (χ1v) is 7.09. The van der Waals surface area contributed by atoms with Crippen molar-refractivity contribution in [3.8, 4) is 5.75 Å². The summed E-state index contributed by atoms with van der Waals surface area (Å²) in [4.78, 5) is 11.4. The summed E-state index contributed by atoms with van der Waals surface area (Å²) in [6, 6.07) is 3.69. The Morgan fingerprint density at radius 2 is 2.15 bits per heavy atom. The summed E-state index contributed by atoms with van der Waals surface area (Å²) >= 11 is 0. The van der Waals surface area contributed by atoms with Gasteiger partial charge in [0.1, 0.15) is 12.0 Å². The standard InChI is InChI=1S/C15H22N2O3/c1-3-11(16-9(2)18)8-10-4-6-13(19)15-12(10)5-7-14(20)17-15/h4,6,9,11,16,18-19H,3,5,7-8H2,1-2H3,(H,17,20). The Morgan fingerprint density at radius 3 is 2.80 bits per heavy atom. The zero-order chi connectivity index (χ0) is 14.7. The third-order valence-corrected chi connectivity index (χ3v) is 3.69. The Labute approximate surface area is 119 Å². The topological polar surface area (TPSA) is 81.6 Å². The molecule has 4 N–H and O–H groups in total. The van der Waals surface area contributed by atoms with E-state index in [0.717, 1.165) is 24.0 Å². The van der Waals surface area contributed by atoms with Crippen LogP contribution in [-0.2, 0) is 17.6 Å². The molecule has 0 aromatic heterocycles. The zero-order valence-corrected chi connectivity index (χ0v) is 11.9. The number of aliphatic hydroxyl groups excluding tert-OH is 1. The molecule has 0 spiro atoms. The van der Waals surface area contributed by atoms with Gasteiger partial charge in [0.25, 0.3) is 0 Å². The maximum Gasteiger partial charge on any atom is 0.224 e. The Hall–Kier alpha value is -1.59. The summed E-state index contributed by atoms with van der Waals surface area (Å²) in [5.74, 6) is 0.0624. The van der Waals surface area contributed by atoms with E-state index in [-0.39, 0.29) is 17.7 Å². The van der Waals surface area contributed by atoms with Crippen LogP contribution in [-0.4, -0.2) is 28.4 Å². The van der Waals surface area contributed by atoms with E-state index >= 15 is 0 Å². The van der Waals surface area contributed by atoms with Gasteiger partial charge in [-0.05, 0) is 43.4 Å². The predicted molar refractivity (Wildman–Crippen MR) is 77.7 cm³/mol. The molecule has 1 aliphatic heterocycles. The molecule has 0 radical (unpaired) electrons. The minimum atomic E-state index is -0.549. The van der Waals surface area contributed by atoms with Gasteiger partial charge in [-0.3, -0.25) is 10.1 Å². The van der Waals surface area contributed by atoms with Crippen LogP contribution in [0, 0.1) is 0 Å². The number of aromatic hydroxyl groups is 1. The average Bonchev–Trinajstić information content (AvgIpc) is 2.40. The van der Waals surface area contributed by atoms with E-state index in [4.69, 9.17) is 0 Å². The van der Waals surface area contributed by atoms with Gasteiger partial charge in [0.05, 0.1) is 5.69 Å². The third kappa shape index (κ3) is 3.29. The lowest BCUT2D eigenvalue weighted by Gasteiger charge is -2.24. The molecule has 1 aromatic rings. The third-order valence-electron chi connectivity index (χ3n) is 3.69. The van der Waals surface area contributed by atoms with E-state index in [0.29, 0.717) is 18.5 Å². The van der Waals surface area contributed by atoms with Crippen molar-refractivity contribution in [2.45, 2.75) is 51.8 Å². The van der Waals surface area contributed by atoms with Crippen molar-refractivity contribution in [2.75, 3.05) is 5.32 Å². The predicted octanol–water partition coefficient (Wildman–Crippen LogP) is 1.53. The molecule has 1 heterocycles. The molecule has 1 amide bonds. The highest BCUT2D eigenvalue weighted by molar-refractivity contribution is 5.95. The molecule has 5 heteroatoms. The van der Waals surface area contributed by atoms with Crippen LogP contribution >= 0.6 is 0 Å². The summed E-state index contributed by atoms with van der Waals surface area (Å²) in [6.07, 6.45) is 2.21. The Balaban J connectivity index is 2.24. The van der Waals surface area contributed by atoms with Crippen LogP contribution < -0.4 is 10.6 Å². The quantitative estimate of drug-likeness (QED) is 0.486. The number of aliphatic hydroxyl groups is 1. The van der Waals surface area contributed by atoms with Crippen LogP contribution in [0.2, 0.25) is 0 Å². The monoisotopic (exact) mass is 278 g/mol. The summed E-state index contributed by atoms with van der Waals surface area (Å²) in [6.45, 7) is 3.77. The number of phenolic OH excluding ortho intramolecular Hbond substituents is 1. The lowest BCUT2D eigenvalue weighted by atomic mass is 9.92. The fraction of sp³-hybridized carbons (Fsp3) is 0.533. The molecule has 110 valence electrons. The molecular formula is C15H22N2O3. The van der Waals surface area contributed by atoms with Gasteiger partial charge in [0.2, 0.25) is 5.91 Å². The van der Waals surface area contributed by atoms with E-state index in [1.165, 1.54) is 0 Å². The van der Waals surface area contributed by atoms with Crippen molar-refractivity contribution in [1.82, 2.24) is 5.32 Å². The van der Waals surface area contributed by atoms with Gasteiger partial charge >= 0.3 is 0 Å². The van der Waals surface area contributed by atoms with E-state index in [9.17, 15) is 15.0 Å². The molecule has 1 aliphatic rings. The molecule has 0 bridgehead atoms. The lowest BCUT2D eigenvalue weighted by molar-refractivity contribution is -0.116. The first-order valence-electron chi connectivity index (χ1n) is 7.09. The summed E-state index contributed by atoms with van der Waals surface area (Å²) in [5, 5.41) is 25.2. The van der Waals surface area contributed by atoms with Crippen LogP contribution in [0.5, 0.6) is 5.75 Å². The number of hydrogen-bond acceptors (Lipinski definition) is 4.